The summed E-state index contributed by atoms with van der Waals surface area (Å²) in [4.78, 5) is 18.4. The van der Waals surface area contributed by atoms with E-state index in [0.29, 0.717) is 24.3 Å². The van der Waals surface area contributed by atoms with E-state index in [1.165, 1.54) is 11.3 Å². The van der Waals surface area contributed by atoms with Crippen LogP contribution in [0.3, 0.4) is 0 Å². The van der Waals surface area contributed by atoms with Gasteiger partial charge in [0.15, 0.2) is 0 Å². The molecule has 0 saturated carbocycles. The number of likely N-dealkylation sites (tertiary alicyclic amines) is 1. The van der Waals surface area contributed by atoms with Gasteiger partial charge in [-0.15, -0.1) is 11.3 Å². The highest BCUT2D eigenvalue weighted by molar-refractivity contribution is 7.13. The Balaban J connectivity index is 2.07. The van der Waals surface area contributed by atoms with E-state index < -0.39 is 11.7 Å². The molecule has 0 aromatic carbocycles. The Hall–Kier alpha value is -0.980. The molecule has 0 unspecified atom stereocenters. The van der Waals surface area contributed by atoms with E-state index in [1.54, 1.807) is 11.1 Å². The van der Waals surface area contributed by atoms with Gasteiger partial charge in [-0.05, 0) is 19.8 Å². The number of nitrogens with zero attached hydrogens (tertiary/aromatic N) is 2. The van der Waals surface area contributed by atoms with Crippen molar-refractivity contribution >= 4 is 17.2 Å². The third-order valence-electron chi connectivity index (χ3n) is 3.56. The highest BCUT2D eigenvalue weighted by Crippen LogP contribution is 2.27. The van der Waals surface area contributed by atoms with Crippen molar-refractivity contribution in [1.29, 1.82) is 0 Å². The van der Waals surface area contributed by atoms with E-state index in [9.17, 15) is 15.0 Å². The topological polar surface area (TPSA) is 73.7 Å². The van der Waals surface area contributed by atoms with Crippen LogP contribution in [0.1, 0.15) is 34.4 Å². The predicted octanol–water partition coefficient (Wildman–Crippen LogP) is 0.799. The van der Waals surface area contributed by atoms with Crippen LogP contribution < -0.4 is 0 Å². The SMILES string of the molecule is CC[C@]1(O)CCN(C(=O)c2cnc(C)s2)C[C@@H]1O. The molecule has 18 heavy (non-hydrogen) atoms. The average molecular weight is 270 g/mol. The van der Waals surface area contributed by atoms with Gasteiger partial charge in [0.1, 0.15) is 11.0 Å². The molecule has 2 heterocycles. The van der Waals surface area contributed by atoms with Crippen LogP contribution in [0.2, 0.25) is 0 Å². The van der Waals surface area contributed by atoms with E-state index in [4.69, 9.17) is 0 Å². The van der Waals surface area contributed by atoms with Gasteiger partial charge in [-0.25, -0.2) is 4.98 Å². The summed E-state index contributed by atoms with van der Waals surface area (Å²) in [6.07, 6.45) is 1.59. The number of hydrogen-bond acceptors (Lipinski definition) is 5. The molecule has 100 valence electrons. The van der Waals surface area contributed by atoms with Crippen molar-refractivity contribution in [3.8, 4) is 0 Å². The molecule has 1 aliphatic heterocycles. The van der Waals surface area contributed by atoms with Crippen LogP contribution in [0.5, 0.6) is 0 Å². The van der Waals surface area contributed by atoms with Gasteiger partial charge in [0, 0.05) is 13.1 Å². The Morgan fingerprint density at radius 2 is 2.44 bits per heavy atom. The zero-order valence-electron chi connectivity index (χ0n) is 10.6. The van der Waals surface area contributed by atoms with Crippen molar-refractivity contribution in [2.75, 3.05) is 13.1 Å². The Morgan fingerprint density at radius 3 is 2.94 bits per heavy atom. The summed E-state index contributed by atoms with van der Waals surface area (Å²) in [6.45, 7) is 4.34. The first-order valence-electron chi connectivity index (χ1n) is 6.08. The van der Waals surface area contributed by atoms with Crippen molar-refractivity contribution in [3.63, 3.8) is 0 Å². The van der Waals surface area contributed by atoms with Crippen LogP contribution in [0, 0.1) is 6.92 Å². The Kier molecular flexibility index (Phi) is 3.70. The van der Waals surface area contributed by atoms with Gasteiger partial charge >= 0.3 is 0 Å². The molecule has 1 fully saturated rings. The normalized spacial score (nSPS) is 28.4. The minimum absolute atomic E-state index is 0.113. The number of thiazole rings is 1. The first kappa shape index (κ1) is 13.5. The van der Waals surface area contributed by atoms with E-state index in [1.807, 2.05) is 13.8 Å². The second-order valence-corrected chi connectivity index (χ2v) is 5.95. The lowest BCUT2D eigenvalue weighted by Gasteiger charge is -2.41. The number of carbonyl (C=O) groups excluding carboxylic acids is 1. The van der Waals surface area contributed by atoms with Crippen molar-refractivity contribution < 1.29 is 15.0 Å². The van der Waals surface area contributed by atoms with Gasteiger partial charge in [-0.3, -0.25) is 4.79 Å². The number of β-amino-alcohol motifs (C(OH)–C–C–N with tert-alkyl or cyclic N) is 1. The molecule has 5 nitrogen and oxygen atoms in total. The molecule has 6 heteroatoms. The van der Waals surface area contributed by atoms with Crippen LogP contribution in [0.25, 0.3) is 0 Å². The summed E-state index contributed by atoms with van der Waals surface area (Å²) in [5.41, 5.74) is -1.06. The maximum absolute atomic E-state index is 12.2. The maximum atomic E-state index is 12.2. The van der Waals surface area contributed by atoms with Gasteiger partial charge in [0.05, 0.1) is 16.8 Å². The summed E-state index contributed by atoms with van der Waals surface area (Å²) >= 11 is 1.35. The fourth-order valence-corrected chi connectivity index (χ4v) is 2.92. The second kappa shape index (κ2) is 4.95. The number of rotatable bonds is 2. The van der Waals surface area contributed by atoms with Gasteiger partial charge in [0.25, 0.3) is 5.91 Å². The molecule has 2 N–H and O–H groups in total. The molecule has 0 spiro atoms. The van der Waals surface area contributed by atoms with E-state index >= 15 is 0 Å². The largest absolute Gasteiger partial charge is 0.388 e. The summed E-state index contributed by atoms with van der Waals surface area (Å²) in [5.74, 6) is -0.113. The quantitative estimate of drug-likeness (QED) is 0.833. The number of amides is 1. The fraction of sp³-hybridized carbons (Fsp3) is 0.667. The molecule has 0 aliphatic carbocycles. The molecule has 1 aliphatic rings. The van der Waals surface area contributed by atoms with Crippen molar-refractivity contribution in [2.45, 2.75) is 38.4 Å². The minimum Gasteiger partial charge on any atom is -0.388 e. The van der Waals surface area contributed by atoms with E-state index in [-0.39, 0.29) is 12.5 Å². The smallest absolute Gasteiger partial charge is 0.265 e. The highest BCUT2D eigenvalue weighted by Gasteiger charge is 2.40. The summed E-state index contributed by atoms with van der Waals surface area (Å²) in [6, 6.07) is 0. The molecular weight excluding hydrogens is 252 g/mol. The van der Waals surface area contributed by atoms with E-state index in [0.717, 1.165) is 5.01 Å². The average Bonchev–Trinajstić information content (AvgIpc) is 2.78. The molecule has 1 amide bonds. The number of aliphatic hydroxyl groups excluding tert-OH is 1. The molecular formula is C12H18N2O3S. The highest BCUT2D eigenvalue weighted by atomic mass is 32.1. The van der Waals surface area contributed by atoms with Crippen LogP contribution in [0.4, 0.5) is 0 Å². The predicted molar refractivity (Wildman–Crippen MR) is 68.6 cm³/mol. The molecule has 2 atom stereocenters. The van der Waals surface area contributed by atoms with E-state index in [2.05, 4.69) is 4.98 Å². The van der Waals surface area contributed by atoms with Crippen molar-refractivity contribution in [2.24, 2.45) is 0 Å². The Morgan fingerprint density at radius 1 is 1.72 bits per heavy atom. The van der Waals surface area contributed by atoms with Crippen LogP contribution in [0.15, 0.2) is 6.20 Å². The third-order valence-corrected chi connectivity index (χ3v) is 4.46. The molecule has 1 saturated heterocycles. The first-order valence-corrected chi connectivity index (χ1v) is 6.90. The zero-order chi connectivity index (χ0) is 13.3. The molecule has 0 bridgehead atoms. The first-order chi connectivity index (χ1) is 8.46. The second-order valence-electron chi connectivity index (χ2n) is 4.72. The third kappa shape index (κ3) is 2.41. The molecule has 2 rings (SSSR count). The lowest BCUT2D eigenvalue weighted by Crippen LogP contribution is -2.56. The number of piperidine rings is 1. The standard InChI is InChI=1S/C12H18N2O3S/c1-3-12(17)4-5-14(7-10(12)15)11(16)9-6-13-8(2)18-9/h6,10,15,17H,3-5,7H2,1-2H3/t10-,12-/m0/s1. The molecule has 1 aromatic heterocycles. The number of aliphatic hydroxyl groups is 2. The fourth-order valence-electron chi connectivity index (χ4n) is 2.18. The zero-order valence-corrected chi connectivity index (χ0v) is 11.4. The number of hydrogen-bond donors (Lipinski definition) is 2. The number of aromatic nitrogens is 1. The van der Waals surface area contributed by atoms with Crippen LogP contribution in [-0.4, -0.2) is 50.8 Å². The summed E-state index contributed by atoms with van der Waals surface area (Å²) in [5, 5.41) is 20.9. The lowest BCUT2D eigenvalue weighted by molar-refractivity contribution is -0.114. The van der Waals surface area contributed by atoms with Gasteiger partial charge in [0.2, 0.25) is 0 Å². The minimum atomic E-state index is -1.06. The Bertz CT molecular complexity index is 448. The maximum Gasteiger partial charge on any atom is 0.265 e. The van der Waals surface area contributed by atoms with Crippen LogP contribution >= 0.6 is 11.3 Å². The van der Waals surface area contributed by atoms with Crippen molar-refractivity contribution in [1.82, 2.24) is 9.88 Å². The number of aryl methyl sites for hydroxylation is 1. The number of carbonyl (C=O) groups is 1. The monoisotopic (exact) mass is 270 g/mol. The van der Waals surface area contributed by atoms with Gasteiger partial charge in [-0.2, -0.15) is 0 Å². The van der Waals surface area contributed by atoms with Crippen LogP contribution in [-0.2, 0) is 0 Å². The Labute approximate surface area is 110 Å². The van der Waals surface area contributed by atoms with Gasteiger partial charge in [-0.1, -0.05) is 6.92 Å². The summed E-state index contributed by atoms with van der Waals surface area (Å²) < 4.78 is 0. The lowest BCUT2D eigenvalue weighted by atomic mass is 9.86. The van der Waals surface area contributed by atoms with Crippen molar-refractivity contribution in [3.05, 3.63) is 16.1 Å². The summed E-state index contributed by atoms with van der Waals surface area (Å²) in [7, 11) is 0. The van der Waals surface area contributed by atoms with Gasteiger partial charge < -0.3 is 15.1 Å². The molecule has 1 aromatic rings. The molecule has 0 radical (unpaired) electrons.